The summed E-state index contributed by atoms with van der Waals surface area (Å²) < 4.78 is 15.8. The highest BCUT2D eigenvalue weighted by Gasteiger charge is 2.32. The molecule has 1 aromatic rings. The van der Waals surface area contributed by atoms with Crippen molar-refractivity contribution in [3.05, 3.63) is 24.3 Å². The average Bonchev–Trinajstić information content (AvgIpc) is 2.28. The van der Waals surface area contributed by atoms with Crippen LogP contribution in [-0.4, -0.2) is 24.8 Å². The van der Waals surface area contributed by atoms with E-state index in [0.29, 0.717) is 5.75 Å². The first-order valence-electron chi connectivity index (χ1n) is 5.89. The van der Waals surface area contributed by atoms with Crippen molar-refractivity contribution in [2.45, 2.75) is 39.4 Å². The number of benzene rings is 1. The summed E-state index contributed by atoms with van der Waals surface area (Å²) in [5, 5.41) is 0. The summed E-state index contributed by atoms with van der Waals surface area (Å²) in [6.45, 7) is 6.98. The lowest BCUT2D eigenvalue weighted by Crippen LogP contribution is -2.40. The van der Waals surface area contributed by atoms with Crippen molar-refractivity contribution in [3.8, 4) is 11.5 Å². The van der Waals surface area contributed by atoms with Gasteiger partial charge in [-0.05, 0) is 52.0 Å². The molecule has 0 aliphatic carbocycles. The molecule has 0 spiro atoms. The fourth-order valence-corrected chi connectivity index (χ4v) is 1.34. The van der Waals surface area contributed by atoms with Crippen molar-refractivity contribution in [2.75, 3.05) is 7.11 Å². The first kappa shape index (κ1) is 14.4. The number of carbonyl (C=O) groups excluding carboxylic acids is 1. The maximum Gasteiger partial charge on any atom is 0.350 e. The van der Waals surface area contributed by atoms with Crippen LogP contribution in [0, 0.1) is 0 Å². The number of esters is 1. The van der Waals surface area contributed by atoms with Gasteiger partial charge in [0.15, 0.2) is 5.60 Å². The van der Waals surface area contributed by atoms with Crippen LogP contribution in [0.3, 0.4) is 0 Å². The van der Waals surface area contributed by atoms with Crippen molar-refractivity contribution in [2.24, 2.45) is 0 Å². The Balaban J connectivity index is 2.71. The van der Waals surface area contributed by atoms with Crippen LogP contribution in [0.1, 0.15) is 27.7 Å². The third kappa shape index (κ3) is 3.95. The SMILES string of the molecule is COc1ccc(OC(C)(C)C(=O)OC(C)C)cc1. The second kappa shape index (κ2) is 5.76. The van der Waals surface area contributed by atoms with Crippen molar-refractivity contribution < 1.29 is 19.0 Å². The van der Waals surface area contributed by atoms with E-state index in [2.05, 4.69) is 0 Å². The second-order valence-corrected chi connectivity index (χ2v) is 4.74. The van der Waals surface area contributed by atoms with E-state index in [9.17, 15) is 4.79 Å². The molecule has 4 heteroatoms. The van der Waals surface area contributed by atoms with Gasteiger partial charge in [0.2, 0.25) is 0 Å². The standard InChI is InChI=1S/C14H20O4/c1-10(2)17-13(15)14(3,4)18-12-8-6-11(16-5)7-9-12/h6-10H,1-5H3. The molecule has 0 radical (unpaired) electrons. The quantitative estimate of drug-likeness (QED) is 0.756. The summed E-state index contributed by atoms with van der Waals surface area (Å²) in [6.07, 6.45) is -0.156. The van der Waals surface area contributed by atoms with Crippen LogP contribution in [0.4, 0.5) is 0 Å². The maximum atomic E-state index is 11.8. The summed E-state index contributed by atoms with van der Waals surface area (Å²) in [4.78, 5) is 11.8. The Labute approximate surface area is 108 Å². The van der Waals surface area contributed by atoms with E-state index >= 15 is 0 Å². The lowest BCUT2D eigenvalue weighted by atomic mass is 10.1. The van der Waals surface area contributed by atoms with E-state index in [0.717, 1.165) is 5.75 Å². The average molecular weight is 252 g/mol. The molecular weight excluding hydrogens is 232 g/mol. The molecule has 0 unspecified atom stereocenters. The first-order chi connectivity index (χ1) is 8.35. The molecule has 1 rings (SSSR count). The third-order valence-corrected chi connectivity index (χ3v) is 2.27. The van der Waals surface area contributed by atoms with E-state index in [1.807, 2.05) is 0 Å². The predicted molar refractivity (Wildman–Crippen MR) is 68.9 cm³/mol. The molecule has 0 atom stereocenters. The van der Waals surface area contributed by atoms with Crippen molar-refractivity contribution in [1.29, 1.82) is 0 Å². The molecule has 4 nitrogen and oxygen atoms in total. The van der Waals surface area contributed by atoms with Crippen LogP contribution >= 0.6 is 0 Å². The first-order valence-corrected chi connectivity index (χ1v) is 5.89. The smallest absolute Gasteiger partial charge is 0.350 e. The van der Waals surface area contributed by atoms with Gasteiger partial charge >= 0.3 is 5.97 Å². The lowest BCUT2D eigenvalue weighted by Gasteiger charge is -2.25. The summed E-state index contributed by atoms with van der Waals surface area (Å²) in [6, 6.07) is 7.06. The van der Waals surface area contributed by atoms with Crippen molar-refractivity contribution in [3.63, 3.8) is 0 Å². The molecule has 100 valence electrons. The van der Waals surface area contributed by atoms with E-state index in [1.165, 1.54) is 0 Å². The van der Waals surface area contributed by atoms with E-state index in [4.69, 9.17) is 14.2 Å². The van der Waals surface area contributed by atoms with Gasteiger partial charge in [-0.15, -0.1) is 0 Å². The topological polar surface area (TPSA) is 44.8 Å². The van der Waals surface area contributed by atoms with Gasteiger partial charge in [-0.3, -0.25) is 0 Å². The zero-order valence-corrected chi connectivity index (χ0v) is 11.5. The number of carbonyl (C=O) groups is 1. The Hall–Kier alpha value is -1.71. The molecule has 0 aromatic heterocycles. The third-order valence-electron chi connectivity index (χ3n) is 2.27. The molecule has 0 saturated carbocycles. The largest absolute Gasteiger partial charge is 0.497 e. The number of ether oxygens (including phenoxy) is 3. The predicted octanol–water partition coefficient (Wildman–Crippen LogP) is 2.80. The van der Waals surface area contributed by atoms with Gasteiger partial charge in [0.25, 0.3) is 0 Å². The number of methoxy groups -OCH3 is 1. The summed E-state index contributed by atoms with van der Waals surface area (Å²) in [7, 11) is 1.60. The van der Waals surface area contributed by atoms with E-state index < -0.39 is 5.60 Å². The lowest BCUT2D eigenvalue weighted by molar-refractivity contribution is -0.163. The molecule has 1 aromatic carbocycles. The Bertz CT molecular complexity index is 393. The van der Waals surface area contributed by atoms with Crippen LogP contribution < -0.4 is 9.47 Å². The van der Waals surface area contributed by atoms with Gasteiger partial charge in [0, 0.05) is 0 Å². The van der Waals surface area contributed by atoms with Gasteiger partial charge < -0.3 is 14.2 Å². The second-order valence-electron chi connectivity index (χ2n) is 4.74. The Morgan fingerprint density at radius 1 is 1.11 bits per heavy atom. The highest BCUT2D eigenvalue weighted by Crippen LogP contribution is 2.22. The van der Waals surface area contributed by atoms with Crippen LogP contribution in [0.2, 0.25) is 0 Å². The number of hydrogen-bond acceptors (Lipinski definition) is 4. The fraction of sp³-hybridized carbons (Fsp3) is 0.500. The molecule has 0 aliphatic heterocycles. The summed E-state index contributed by atoms with van der Waals surface area (Å²) in [5.41, 5.74) is -1.02. The van der Waals surface area contributed by atoms with Crippen LogP contribution in [-0.2, 0) is 9.53 Å². The molecule has 0 amide bonds. The normalized spacial score (nSPS) is 11.2. The van der Waals surface area contributed by atoms with Crippen molar-refractivity contribution >= 4 is 5.97 Å². The fourth-order valence-electron chi connectivity index (χ4n) is 1.34. The minimum Gasteiger partial charge on any atom is -0.497 e. The molecule has 0 fully saturated rings. The molecule has 0 N–H and O–H groups in total. The van der Waals surface area contributed by atoms with Crippen LogP contribution in [0.5, 0.6) is 11.5 Å². The highest BCUT2D eigenvalue weighted by atomic mass is 16.6. The van der Waals surface area contributed by atoms with E-state index in [1.54, 1.807) is 59.1 Å². The molecular formula is C14H20O4. The maximum absolute atomic E-state index is 11.8. The highest BCUT2D eigenvalue weighted by molar-refractivity contribution is 5.79. The molecule has 0 bridgehead atoms. The zero-order chi connectivity index (χ0) is 13.8. The number of hydrogen-bond donors (Lipinski definition) is 0. The monoisotopic (exact) mass is 252 g/mol. The van der Waals surface area contributed by atoms with Crippen LogP contribution in [0.15, 0.2) is 24.3 Å². The molecule has 0 heterocycles. The zero-order valence-electron chi connectivity index (χ0n) is 11.5. The van der Waals surface area contributed by atoms with Gasteiger partial charge in [-0.25, -0.2) is 4.79 Å². The summed E-state index contributed by atoms with van der Waals surface area (Å²) >= 11 is 0. The Morgan fingerprint density at radius 2 is 1.61 bits per heavy atom. The molecule has 0 saturated heterocycles. The number of rotatable bonds is 5. The van der Waals surface area contributed by atoms with Gasteiger partial charge in [0.05, 0.1) is 13.2 Å². The molecule has 18 heavy (non-hydrogen) atoms. The van der Waals surface area contributed by atoms with Crippen molar-refractivity contribution in [1.82, 2.24) is 0 Å². The van der Waals surface area contributed by atoms with Crippen LogP contribution in [0.25, 0.3) is 0 Å². The van der Waals surface area contributed by atoms with Gasteiger partial charge in [-0.2, -0.15) is 0 Å². The van der Waals surface area contributed by atoms with Gasteiger partial charge in [0.1, 0.15) is 11.5 Å². The minimum absolute atomic E-state index is 0.156. The molecule has 0 aliphatic rings. The Kier molecular flexibility index (Phi) is 4.59. The minimum atomic E-state index is -1.02. The van der Waals surface area contributed by atoms with E-state index in [-0.39, 0.29) is 12.1 Å². The summed E-state index contributed by atoms with van der Waals surface area (Å²) in [5.74, 6) is 0.958. The Morgan fingerprint density at radius 3 is 2.06 bits per heavy atom. The van der Waals surface area contributed by atoms with Gasteiger partial charge in [-0.1, -0.05) is 0 Å².